The summed E-state index contributed by atoms with van der Waals surface area (Å²) in [5.74, 6) is -3.35. The fraction of sp³-hybridized carbons (Fsp3) is 0.889. The van der Waals surface area contributed by atoms with Gasteiger partial charge in [-0.15, -0.1) is 0 Å². The molecule has 0 aromatic heterocycles. The van der Waals surface area contributed by atoms with Crippen molar-refractivity contribution in [2.75, 3.05) is 18.9 Å². The molecule has 6 N–H and O–H groups in total. The number of aliphatic carboxylic acids is 1. The van der Waals surface area contributed by atoms with Crippen LogP contribution in [0, 0.1) is 0 Å². The third kappa shape index (κ3) is 3.32. The van der Waals surface area contributed by atoms with Crippen LogP contribution in [-0.4, -0.2) is 80.5 Å². The van der Waals surface area contributed by atoms with Crippen LogP contribution in [0.3, 0.4) is 0 Å². The molecular weight excluding hydrogens is 266 g/mol. The summed E-state index contributed by atoms with van der Waals surface area (Å²) in [6, 6.07) is -1.03. The van der Waals surface area contributed by atoms with Gasteiger partial charge in [-0.25, -0.2) is 0 Å². The summed E-state index contributed by atoms with van der Waals surface area (Å²) in [7, 11) is 0. The normalized spacial score (nSPS) is 38.4. The zero-order valence-corrected chi connectivity index (χ0v) is 10.3. The van der Waals surface area contributed by atoms with Crippen molar-refractivity contribution in [3.8, 4) is 0 Å². The van der Waals surface area contributed by atoms with Crippen LogP contribution in [0.2, 0.25) is 0 Å². The van der Waals surface area contributed by atoms with E-state index in [1.54, 1.807) is 0 Å². The quantitative estimate of drug-likeness (QED) is 0.261. The van der Waals surface area contributed by atoms with Crippen LogP contribution in [0.1, 0.15) is 0 Å². The number of aliphatic hydroxyl groups excluding tert-OH is 3. The van der Waals surface area contributed by atoms with Crippen LogP contribution in [0.4, 0.5) is 0 Å². The van der Waals surface area contributed by atoms with Gasteiger partial charge in [0.15, 0.2) is 0 Å². The van der Waals surface area contributed by atoms with E-state index in [1.165, 1.54) is 0 Å². The molecule has 0 bridgehead atoms. The summed E-state index contributed by atoms with van der Waals surface area (Å²) >= 11 is 3.82. The molecule has 1 unspecified atom stereocenters. The third-order valence-electron chi connectivity index (χ3n) is 2.77. The number of carbonyl (C=O) groups is 1. The lowest BCUT2D eigenvalue weighted by Gasteiger charge is -2.42. The van der Waals surface area contributed by atoms with Gasteiger partial charge in [0.25, 0.3) is 0 Å². The molecule has 1 rings (SSSR count). The number of hydrogen-bond acceptors (Lipinski definition) is 8. The number of carboxylic acids is 1. The predicted octanol–water partition coefficient (Wildman–Crippen LogP) is -3.24. The van der Waals surface area contributed by atoms with Crippen LogP contribution < -0.4 is 5.32 Å². The first kappa shape index (κ1) is 15.6. The molecule has 1 aliphatic rings. The first-order valence-corrected chi connectivity index (χ1v) is 5.92. The molecule has 1 heterocycles. The summed E-state index contributed by atoms with van der Waals surface area (Å²) in [4.78, 5) is 10.7. The van der Waals surface area contributed by atoms with Crippen molar-refractivity contribution in [3.05, 3.63) is 0 Å². The number of rotatable bonds is 5. The molecule has 1 aliphatic heterocycles. The highest BCUT2D eigenvalue weighted by Crippen LogP contribution is 2.23. The van der Waals surface area contributed by atoms with Crippen LogP contribution in [0.15, 0.2) is 0 Å². The van der Waals surface area contributed by atoms with E-state index in [2.05, 4.69) is 17.9 Å². The van der Waals surface area contributed by atoms with Gasteiger partial charge in [-0.05, 0) is 0 Å². The lowest BCUT2D eigenvalue weighted by atomic mass is 9.96. The molecule has 0 saturated carbocycles. The smallest absolute Gasteiger partial charge is 0.321 e. The van der Waals surface area contributed by atoms with Gasteiger partial charge in [0, 0.05) is 5.75 Å². The maximum Gasteiger partial charge on any atom is 0.321 e. The van der Waals surface area contributed by atoms with Gasteiger partial charge in [0.2, 0.25) is 5.79 Å². The number of aliphatic hydroxyl groups is 4. The van der Waals surface area contributed by atoms with Gasteiger partial charge < -0.3 is 30.3 Å². The molecule has 106 valence electrons. The van der Waals surface area contributed by atoms with Gasteiger partial charge in [-0.3, -0.25) is 10.1 Å². The number of hydrogen-bond donors (Lipinski definition) is 7. The average Bonchev–Trinajstić information content (AvgIpc) is 2.32. The van der Waals surface area contributed by atoms with E-state index in [4.69, 9.17) is 9.84 Å². The highest BCUT2D eigenvalue weighted by atomic mass is 32.1. The molecule has 5 atom stereocenters. The Kier molecular flexibility index (Phi) is 5.34. The van der Waals surface area contributed by atoms with Gasteiger partial charge in [0.1, 0.15) is 24.4 Å². The van der Waals surface area contributed by atoms with Crippen molar-refractivity contribution in [1.29, 1.82) is 0 Å². The maximum absolute atomic E-state index is 10.7. The summed E-state index contributed by atoms with van der Waals surface area (Å²) in [6.07, 6.45) is -4.62. The van der Waals surface area contributed by atoms with E-state index in [9.17, 15) is 25.2 Å². The number of carboxylic acid groups (broad SMARTS) is 1. The minimum Gasteiger partial charge on any atom is -0.480 e. The molecular formula is C9H17NO7S. The second-order valence-electron chi connectivity index (χ2n) is 4.11. The molecule has 0 spiro atoms. The Labute approximate surface area is 109 Å². The second-order valence-corrected chi connectivity index (χ2v) is 4.48. The molecule has 18 heavy (non-hydrogen) atoms. The Morgan fingerprint density at radius 1 is 1.50 bits per heavy atom. The monoisotopic (exact) mass is 283 g/mol. The Morgan fingerprint density at radius 2 is 2.11 bits per heavy atom. The van der Waals surface area contributed by atoms with Crippen LogP contribution >= 0.6 is 12.6 Å². The molecule has 0 aliphatic carbocycles. The van der Waals surface area contributed by atoms with Gasteiger partial charge >= 0.3 is 5.97 Å². The topological polar surface area (TPSA) is 139 Å². The molecule has 1 saturated heterocycles. The van der Waals surface area contributed by atoms with Crippen LogP contribution in [0.5, 0.6) is 0 Å². The highest BCUT2D eigenvalue weighted by molar-refractivity contribution is 7.80. The molecule has 8 nitrogen and oxygen atoms in total. The first-order chi connectivity index (χ1) is 8.31. The Morgan fingerprint density at radius 3 is 2.61 bits per heavy atom. The van der Waals surface area contributed by atoms with Crippen molar-refractivity contribution in [2.24, 2.45) is 0 Å². The van der Waals surface area contributed by atoms with Crippen molar-refractivity contribution in [3.63, 3.8) is 0 Å². The fourth-order valence-electron chi connectivity index (χ4n) is 1.55. The largest absolute Gasteiger partial charge is 0.480 e. The van der Waals surface area contributed by atoms with Crippen molar-refractivity contribution >= 4 is 18.6 Å². The lowest BCUT2D eigenvalue weighted by molar-refractivity contribution is -0.318. The maximum atomic E-state index is 10.7. The standard InChI is InChI=1S/C9H17NO7S/c11-5-1-17-9(16,7(13)6(5)12)3-10-4(2-18)8(14)15/h4-7,10-13,16,18H,1-3H2,(H,14,15)/t4-,5+,6+,7-,9?/m0/s1. The predicted molar refractivity (Wildman–Crippen MR) is 62.2 cm³/mol. The van der Waals surface area contributed by atoms with Gasteiger partial charge in [0.05, 0.1) is 13.2 Å². The van der Waals surface area contributed by atoms with E-state index in [0.717, 1.165) is 0 Å². The molecule has 0 radical (unpaired) electrons. The third-order valence-corrected chi connectivity index (χ3v) is 3.13. The minimum absolute atomic E-state index is 0.0211. The SMILES string of the molecule is O=C(O)[C@H](CS)NCC1(O)OC[C@@H](O)[C@@H](O)[C@@H]1O. The average molecular weight is 283 g/mol. The van der Waals surface area contributed by atoms with E-state index >= 15 is 0 Å². The van der Waals surface area contributed by atoms with E-state index in [1.807, 2.05) is 0 Å². The first-order valence-electron chi connectivity index (χ1n) is 5.29. The summed E-state index contributed by atoms with van der Waals surface area (Å²) in [5.41, 5.74) is 0. The molecule has 0 aromatic carbocycles. The lowest BCUT2D eigenvalue weighted by Crippen LogP contribution is -2.65. The Balaban J connectivity index is 2.62. The number of ether oxygens (including phenoxy) is 1. The van der Waals surface area contributed by atoms with E-state index in [0.29, 0.717) is 0 Å². The number of thiol groups is 1. The molecule has 0 amide bonds. The Hall–Kier alpha value is -0.420. The van der Waals surface area contributed by atoms with Crippen LogP contribution in [-0.2, 0) is 9.53 Å². The fourth-order valence-corrected chi connectivity index (χ4v) is 1.83. The van der Waals surface area contributed by atoms with Crippen molar-refractivity contribution < 1.29 is 35.1 Å². The molecule has 1 fully saturated rings. The molecule has 9 heteroatoms. The zero-order valence-electron chi connectivity index (χ0n) is 9.43. The highest BCUT2D eigenvalue weighted by Gasteiger charge is 2.48. The molecule has 0 aromatic rings. The number of nitrogens with one attached hydrogen (secondary N) is 1. The Bertz CT molecular complexity index is 305. The van der Waals surface area contributed by atoms with Gasteiger partial charge in [-0.2, -0.15) is 12.6 Å². The van der Waals surface area contributed by atoms with E-state index < -0.39 is 42.7 Å². The van der Waals surface area contributed by atoms with Gasteiger partial charge in [-0.1, -0.05) is 0 Å². The summed E-state index contributed by atoms with van der Waals surface area (Å²) < 4.78 is 4.85. The van der Waals surface area contributed by atoms with E-state index in [-0.39, 0.29) is 12.4 Å². The van der Waals surface area contributed by atoms with Crippen LogP contribution in [0.25, 0.3) is 0 Å². The van der Waals surface area contributed by atoms with Crippen molar-refractivity contribution in [1.82, 2.24) is 5.32 Å². The summed E-state index contributed by atoms with van der Waals surface area (Å²) in [5, 5.41) is 49.4. The van der Waals surface area contributed by atoms with Crippen molar-refractivity contribution in [2.45, 2.75) is 30.1 Å². The zero-order chi connectivity index (χ0) is 13.9. The second kappa shape index (κ2) is 6.15. The minimum atomic E-state index is -2.16. The summed E-state index contributed by atoms with van der Waals surface area (Å²) in [6.45, 7) is -0.787.